The number of nitrogens with zero attached hydrogens (tertiary/aromatic N) is 2. The first-order valence-corrected chi connectivity index (χ1v) is 9.29. The van der Waals surface area contributed by atoms with Crippen LogP contribution in [0.2, 0.25) is 0 Å². The summed E-state index contributed by atoms with van der Waals surface area (Å²) in [5, 5.41) is 3.28. The minimum atomic E-state index is -4.48. The minimum Gasteiger partial charge on any atom is -0.339 e. The van der Waals surface area contributed by atoms with Gasteiger partial charge in [0.15, 0.2) is 0 Å². The van der Waals surface area contributed by atoms with Crippen molar-refractivity contribution < 1.29 is 22.8 Å². The SMILES string of the molecule is O=C(CCC1CCNC1)N1CCN(C(=O)c2cccc(C(F)(F)F)c2)CC1. The third-order valence-corrected chi connectivity index (χ3v) is 5.29. The lowest BCUT2D eigenvalue weighted by Crippen LogP contribution is -2.50. The maximum Gasteiger partial charge on any atom is 0.416 e. The first-order chi connectivity index (χ1) is 12.8. The van der Waals surface area contributed by atoms with Crippen molar-refractivity contribution >= 4 is 11.8 Å². The van der Waals surface area contributed by atoms with Crippen molar-refractivity contribution in [1.82, 2.24) is 15.1 Å². The summed E-state index contributed by atoms with van der Waals surface area (Å²) >= 11 is 0. The highest BCUT2D eigenvalue weighted by atomic mass is 19.4. The molecule has 2 amide bonds. The highest BCUT2D eigenvalue weighted by molar-refractivity contribution is 5.94. The van der Waals surface area contributed by atoms with E-state index in [1.165, 1.54) is 17.0 Å². The van der Waals surface area contributed by atoms with Gasteiger partial charge in [-0.05, 0) is 50.0 Å². The van der Waals surface area contributed by atoms with Crippen LogP contribution in [0.25, 0.3) is 0 Å². The fraction of sp³-hybridized carbons (Fsp3) is 0.579. The highest BCUT2D eigenvalue weighted by Crippen LogP contribution is 2.29. The van der Waals surface area contributed by atoms with E-state index < -0.39 is 17.6 Å². The molecule has 2 aliphatic rings. The quantitative estimate of drug-likeness (QED) is 0.869. The summed E-state index contributed by atoms with van der Waals surface area (Å²) in [6.07, 6.45) is -1.99. The molecule has 148 valence electrons. The van der Waals surface area contributed by atoms with Gasteiger partial charge in [-0.25, -0.2) is 0 Å². The number of piperazine rings is 1. The van der Waals surface area contributed by atoms with Gasteiger partial charge in [-0.2, -0.15) is 13.2 Å². The summed E-state index contributed by atoms with van der Waals surface area (Å²) in [6, 6.07) is 4.47. The lowest BCUT2D eigenvalue weighted by atomic mass is 10.0. The summed E-state index contributed by atoms with van der Waals surface area (Å²) in [6.45, 7) is 3.50. The van der Waals surface area contributed by atoms with Gasteiger partial charge in [-0.3, -0.25) is 9.59 Å². The molecule has 2 fully saturated rings. The van der Waals surface area contributed by atoms with Crippen LogP contribution in [0.5, 0.6) is 0 Å². The zero-order chi connectivity index (χ0) is 19.4. The fourth-order valence-corrected chi connectivity index (χ4v) is 3.62. The van der Waals surface area contributed by atoms with E-state index in [-0.39, 0.29) is 11.5 Å². The number of rotatable bonds is 4. The molecule has 0 aromatic heterocycles. The summed E-state index contributed by atoms with van der Waals surface area (Å²) in [5.41, 5.74) is -0.804. The van der Waals surface area contributed by atoms with Crippen molar-refractivity contribution in [3.8, 4) is 0 Å². The number of alkyl halides is 3. The monoisotopic (exact) mass is 383 g/mol. The molecule has 1 unspecified atom stereocenters. The van der Waals surface area contributed by atoms with Crippen molar-refractivity contribution in [2.75, 3.05) is 39.3 Å². The summed E-state index contributed by atoms with van der Waals surface area (Å²) < 4.78 is 38.5. The van der Waals surface area contributed by atoms with Gasteiger partial charge in [-0.15, -0.1) is 0 Å². The van der Waals surface area contributed by atoms with Crippen LogP contribution in [-0.2, 0) is 11.0 Å². The molecular weight excluding hydrogens is 359 g/mol. The Morgan fingerprint density at radius 1 is 1.11 bits per heavy atom. The maximum absolute atomic E-state index is 12.8. The predicted octanol–water partition coefficient (Wildman–Crippen LogP) is 2.38. The number of carbonyl (C=O) groups is 2. The van der Waals surface area contributed by atoms with E-state index in [0.29, 0.717) is 38.5 Å². The van der Waals surface area contributed by atoms with Crippen molar-refractivity contribution in [2.24, 2.45) is 5.92 Å². The zero-order valence-corrected chi connectivity index (χ0v) is 15.1. The second-order valence-electron chi connectivity index (χ2n) is 7.15. The van der Waals surface area contributed by atoms with E-state index in [9.17, 15) is 22.8 Å². The number of nitrogens with one attached hydrogen (secondary N) is 1. The van der Waals surface area contributed by atoms with Gasteiger partial charge >= 0.3 is 6.18 Å². The van der Waals surface area contributed by atoms with E-state index in [1.54, 1.807) is 4.90 Å². The van der Waals surface area contributed by atoms with Gasteiger partial charge in [0.1, 0.15) is 0 Å². The van der Waals surface area contributed by atoms with Gasteiger partial charge in [0, 0.05) is 38.2 Å². The molecule has 1 aromatic carbocycles. The second kappa shape index (κ2) is 8.29. The first-order valence-electron chi connectivity index (χ1n) is 9.29. The number of carbonyl (C=O) groups excluding carboxylic acids is 2. The molecule has 27 heavy (non-hydrogen) atoms. The summed E-state index contributed by atoms with van der Waals surface area (Å²) in [5.74, 6) is 0.219. The van der Waals surface area contributed by atoms with Crippen molar-refractivity contribution in [1.29, 1.82) is 0 Å². The maximum atomic E-state index is 12.8. The molecule has 0 radical (unpaired) electrons. The van der Waals surface area contributed by atoms with Crippen LogP contribution in [0.15, 0.2) is 24.3 Å². The van der Waals surface area contributed by atoms with E-state index in [2.05, 4.69) is 5.32 Å². The Balaban J connectivity index is 1.51. The lowest BCUT2D eigenvalue weighted by molar-refractivity contribution is -0.137. The Labute approximate surface area is 156 Å². The average molecular weight is 383 g/mol. The smallest absolute Gasteiger partial charge is 0.339 e. The first kappa shape index (κ1) is 19.7. The predicted molar refractivity (Wildman–Crippen MR) is 94.1 cm³/mol. The molecule has 5 nitrogen and oxygen atoms in total. The van der Waals surface area contributed by atoms with E-state index >= 15 is 0 Å². The number of amides is 2. The Morgan fingerprint density at radius 3 is 2.44 bits per heavy atom. The normalized spacial score (nSPS) is 20.8. The summed E-state index contributed by atoms with van der Waals surface area (Å²) in [4.78, 5) is 28.1. The number of hydrogen-bond donors (Lipinski definition) is 1. The third-order valence-electron chi connectivity index (χ3n) is 5.29. The van der Waals surface area contributed by atoms with Gasteiger partial charge in [-0.1, -0.05) is 6.07 Å². The minimum absolute atomic E-state index is 0.0262. The van der Waals surface area contributed by atoms with Crippen LogP contribution >= 0.6 is 0 Å². The third kappa shape index (κ3) is 5.00. The number of hydrogen-bond acceptors (Lipinski definition) is 3. The lowest BCUT2D eigenvalue weighted by Gasteiger charge is -2.35. The van der Waals surface area contributed by atoms with Gasteiger partial charge in [0.25, 0.3) is 5.91 Å². The topological polar surface area (TPSA) is 52.7 Å². The molecule has 1 aromatic rings. The van der Waals surface area contributed by atoms with E-state index in [1.807, 2.05) is 0 Å². The van der Waals surface area contributed by atoms with Gasteiger partial charge < -0.3 is 15.1 Å². The van der Waals surface area contributed by atoms with Crippen molar-refractivity contribution in [2.45, 2.75) is 25.4 Å². The molecule has 2 saturated heterocycles. The van der Waals surface area contributed by atoms with Crippen LogP contribution in [-0.4, -0.2) is 60.9 Å². The molecule has 2 aliphatic heterocycles. The Kier molecular flexibility index (Phi) is 6.04. The molecule has 0 aliphatic carbocycles. The number of benzene rings is 1. The molecule has 3 rings (SSSR count). The van der Waals surface area contributed by atoms with Crippen molar-refractivity contribution in [3.63, 3.8) is 0 Å². The van der Waals surface area contributed by atoms with Gasteiger partial charge in [0.05, 0.1) is 5.56 Å². The van der Waals surface area contributed by atoms with E-state index in [4.69, 9.17) is 0 Å². The Morgan fingerprint density at radius 2 is 1.81 bits per heavy atom. The Bertz CT molecular complexity index is 679. The van der Waals surface area contributed by atoms with Crippen molar-refractivity contribution in [3.05, 3.63) is 35.4 Å². The highest BCUT2D eigenvalue weighted by Gasteiger charge is 2.32. The zero-order valence-electron chi connectivity index (χ0n) is 15.1. The van der Waals surface area contributed by atoms with Crippen LogP contribution in [0.3, 0.4) is 0 Å². The molecule has 2 heterocycles. The van der Waals surface area contributed by atoms with Crippen LogP contribution in [0, 0.1) is 5.92 Å². The Hall–Kier alpha value is -2.09. The van der Waals surface area contributed by atoms with Crippen LogP contribution in [0.4, 0.5) is 13.2 Å². The number of halogens is 3. The average Bonchev–Trinajstić information content (AvgIpc) is 3.19. The van der Waals surface area contributed by atoms with Crippen LogP contribution < -0.4 is 5.32 Å². The molecule has 8 heteroatoms. The van der Waals surface area contributed by atoms with Gasteiger partial charge in [0.2, 0.25) is 5.91 Å². The molecular formula is C19H24F3N3O2. The summed E-state index contributed by atoms with van der Waals surface area (Å²) in [7, 11) is 0. The fourth-order valence-electron chi connectivity index (χ4n) is 3.62. The standard InChI is InChI=1S/C19H24F3N3O2/c20-19(21,22)16-3-1-2-15(12-16)18(27)25-10-8-24(9-11-25)17(26)5-4-14-6-7-23-13-14/h1-3,12,14,23H,4-11,13H2. The molecule has 0 spiro atoms. The largest absolute Gasteiger partial charge is 0.416 e. The molecule has 0 saturated carbocycles. The molecule has 1 atom stereocenters. The molecule has 0 bridgehead atoms. The second-order valence-corrected chi connectivity index (χ2v) is 7.15. The van der Waals surface area contributed by atoms with Crippen LogP contribution in [0.1, 0.15) is 35.2 Å². The van der Waals surface area contributed by atoms with E-state index in [0.717, 1.165) is 38.1 Å². The molecule has 1 N–H and O–H groups in total.